The van der Waals surface area contributed by atoms with Crippen molar-refractivity contribution in [2.24, 2.45) is 11.3 Å². The SMILES string of the molecule is CCC(C)(C)C1CCC(N2CCCNCC2)CC1. The molecule has 0 spiro atoms. The molecule has 0 bridgehead atoms. The van der Waals surface area contributed by atoms with Crippen molar-refractivity contribution in [3.05, 3.63) is 0 Å². The van der Waals surface area contributed by atoms with Gasteiger partial charge in [-0.25, -0.2) is 0 Å². The van der Waals surface area contributed by atoms with Gasteiger partial charge in [0.25, 0.3) is 0 Å². The van der Waals surface area contributed by atoms with Crippen molar-refractivity contribution in [2.75, 3.05) is 26.2 Å². The fraction of sp³-hybridized carbons (Fsp3) is 1.00. The minimum absolute atomic E-state index is 0.561. The average Bonchev–Trinajstić information content (AvgIpc) is 2.68. The van der Waals surface area contributed by atoms with Crippen LogP contribution in [0.25, 0.3) is 0 Å². The summed E-state index contributed by atoms with van der Waals surface area (Å²) in [5, 5.41) is 3.52. The summed E-state index contributed by atoms with van der Waals surface area (Å²) < 4.78 is 0. The Bertz CT molecular complexity index is 233. The van der Waals surface area contributed by atoms with E-state index in [2.05, 4.69) is 31.0 Å². The zero-order valence-electron chi connectivity index (χ0n) is 12.7. The van der Waals surface area contributed by atoms with Crippen molar-refractivity contribution < 1.29 is 0 Å². The highest BCUT2D eigenvalue weighted by Crippen LogP contribution is 2.41. The van der Waals surface area contributed by atoms with Crippen LogP contribution in [0.1, 0.15) is 59.3 Å². The molecule has 1 aliphatic carbocycles. The van der Waals surface area contributed by atoms with Gasteiger partial charge in [-0.2, -0.15) is 0 Å². The predicted molar refractivity (Wildman–Crippen MR) is 78.9 cm³/mol. The van der Waals surface area contributed by atoms with Crippen LogP contribution in [-0.2, 0) is 0 Å². The van der Waals surface area contributed by atoms with E-state index in [9.17, 15) is 0 Å². The van der Waals surface area contributed by atoms with E-state index in [0.717, 1.165) is 12.0 Å². The topological polar surface area (TPSA) is 15.3 Å². The summed E-state index contributed by atoms with van der Waals surface area (Å²) in [6.45, 7) is 12.3. The van der Waals surface area contributed by atoms with Crippen molar-refractivity contribution in [1.29, 1.82) is 0 Å². The van der Waals surface area contributed by atoms with Gasteiger partial charge in [0.05, 0.1) is 0 Å². The maximum absolute atomic E-state index is 3.52. The summed E-state index contributed by atoms with van der Waals surface area (Å²) in [5.41, 5.74) is 0.561. The molecule has 1 aliphatic heterocycles. The van der Waals surface area contributed by atoms with Gasteiger partial charge >= 0.3 is 0 Å². The lowest BCUT2D eigenvalue weighted by molar-refractivity contribution is 0.0886. The molecule has 2 rings (SSSR count). The molecular weight excluding hydrogens is 220 g/mol. The third-order valence-corrected chi connectivity index (χ3v) is 5.60. The van der Waals surface area contributed by atoms with Crippen LogP contribution in [0.3, 0.4) is 0 Å². The van der Waals surface area contributed by atoms with Crippen LogP contribution >= 0.6 is 0 Å². The van der Waals surface area contributed by atoms with Gasteiger partial charge in [-0.1, -0.05) is 27.2 Å². The van der Waals surface area contributed by atoms with Gasteiger partial charge in [-0.15, -0.1) is 0 Å². The van der Waals surface area contributed by atoms with Gasteiger partial charge in [0, 0.05) is 19.1 Å². The van der Waals surface area contributed by atoms with E-state index in [1.807, 2.05) is 0 Å². The Labute approximate surface area is 114 Å². The number of rotatable bonds is 3. The number of nitrogens with zero attached hydrogens (tertiary/aromatic N) is 1. The lowest BCUT2D eigenvalue weighted by atomic mass is 9.68. The molecule has 0 aromatic heterocycles. The standard InChI is InChI=1S/C16H32N2/c1-4-16(2,3)14-6-8-15(9-7-14)18-12-5-10-17-11-13-18/h14-15,17H,4-13H2,1-3H3. The first kappa shape index (κ1) is 14.3. The van der Waals surface area contributed by atoms with Crippen LogP contribution in [0.15, 0.2) is 0 Å². The molecule has 2 heteroatoms. The first-order valence-electron chi connectivity index (χ1n) is 8.08. The Morgan fingerprint density at radius 2 is 1.78 bits per heavy atom. The Hall–Kier alpha value is -0.0800. The van der Waals surface area contributed by atoms with Crippen LogP contribution in [0.4, 0.5) is 0 Å². The van der Waals surface area contributed by atoms with Crippen molar-refractivity contribution in [3.8, 4) is 0 Å². The Morgan fingerprint density at radius 3 is 2.44 bits per heavy atom. The van der Waals surface area contributed by atoms with E-state index in [4.69, 9.17) is 0 Å². The molecule has 0 amide bonds. The van der Waals surface area contributed by atoms with Crippen LogP contribution in [-0.4, -0.2) is 37.1 Å². The fourth-order valence-corrected chi connectivity index (χ4v) is 3.74. The van der Waals surface area contributed by atoms with E-state index >= 15 is 0 Å². The molecule has 106 valence electrons. The van der Waals surface area contributed by atoms with Crippen molar-refractivity contribution >= 4 is 0 Å². The lowest BCUT2D eigenvalue weighted by Gasteiger charge is -2.42. The second-order valence-corrected chi connectivity index (χ2v) is 6.99. The molecule has 0 atom stereocenters. The molecule has 18 heavy (non-hydrogen) atoms. The van der Waals surface area contributed by atoms with Crippen LogP contribution in [0, 0.1) is 11.3 Å². The molecule has 1 N–H and O–H groups in total. The van der Waals surface area contributed by atoms with E-state index < -0.39 is 0 Å². The monoisotopic (exact) mass is 252 g/mol. The van der Waals surface area contributed by atoms with Crippen LogP contribution < -0.4 is 5.32 Å². The highest BCUT2D eigenvalue weighted by Gasteiger charge is 2.33. The molecule has 0 aromatic carbocycles. The van der Waals surface area contributed by atoms with Crippen molar-refractivity contribution in [1.82, 2.24) is 10.2 Å². The maximum Gasteiger partial charge on any atom is 0.0110 e. The Morgan fingerprint density at radius 1 is 1.06 bits per heavy atom. The molecule has 1 saturated heterocycles. The molecule has 2 fully saturated rings. The summed E-state index contributed by atoms with van der Waals surface area (Å²) in [5.74, 6) is 0.962. The molecule has 1 heterocycles. The summed E-state index contributed by atoms with van der Waals surface area (Å²) in [6, 6.07) is 0.883. The van der Waals surface area contributed by atoms with Gasteiger partial charge in [0.2, 0.25) is 0 Å². The van der Waals surface area contributed by atoms with E-state index in [0.29, 0.717) is 5.41 Å². The van der Waals surface area contributed by atoms with E-state index in [1.165, 1.54) is 64.7 Å². The van der Waals surface area contributed by atoms with Crippen LogP contribution in [0.5, 0.6) is 0 Å². The maximum atomic E-state index is 3.52. The first-order chi connectivity index (χ1) is 8.63. The normalized spacial score (nSPS) is 32.2. The third-order valence-electron chi connectivity index (χ3n) is 5.60. The lowest BCUT2D eigenvalue weighted by Crippen LogP contribution is -2.41. The number of nitrogens with one attached hydrogen (secondary N) is 1. The molecule has 0 unspecified atom stereocenters. The van der Waals surface area contributed by atoms with Crippen molar-refractivity contribution in [3.63, 3.8) is 0 Å². The fourth-order valence-electron chi connectivity index (χ4n) is 3.74. The second-order valence-electron chi connectivity index (χ2n) is 6.99. The van der Waals surface area contributed by atoms with Gasteiger partial charge < -0.3 is 5.32 Å². The second kappa shape index (κ2) is 6.38. The minimum atomic E-state index is 0.561. The third kappa shape index (κ3) is 3.48. The summed E-state index contributed by atoms with van der Waals surface area (Å²) in [4.78, 5) is 2.76. The summed E-state index contributed by atoms with van der Waals surface area (Å²) >= 11 is 0. The summed E-state index contributed by atoms with van der Waals surface area (Å²) in [6.07, 6.45) is 8.45. The first-order valence-corrected chi connectivity index (χ1v) is 8.08. The van der Waals surface area contributed by atoms with Crippen molar-refractivity contribution in [2.45, 2.75) is 65.3 Å². The van der Waals surface area contributed by atoms with E-state index in [-0.39, 0.29) is 0 Å². The largest absolute Gasteiger partial charge is 0.315 e. The summed E-state index contributed by atoms with van der Waals surface area (Å²) in [7, 11) is 0. The minimum Gasteiger partial charge on any atom is -0.315 e. The zero-order chi connectivity index (χ0) is 13.0. The molecule has 0 aromatic rings. The van der Waals surface area contributed by atoms with E-state index in [1.54, 1.807) is 0 Å². The molecule has 1 saturated carbocycles. The van der Waals surface area contributed by atoms with Gasteiger partial charge in [-0.3, -0.25) is 4.90 Å². The van der Waals surface area contributed by atoms with Gasteiger partial charge in [-0.05, 0) is 56.5 Å². The Kier molecular flexibility index (Phi) is 5.08. The average molecular weight is 252 g/mol. The smallest absolute Gasteiger partial charge is 0.0110 e. The quantitative estimate of drug-likeness (QED) is 0.829. The van der Waals surface area contributed by atoms with Gasteiger partial charge in [0.1, 0.15) is 0 Å². The van der Waals surface area contributed by atoms with Gasteiger partial charge in [0.15, 0.2) is 0 Å². The molecule has 2 nitrogen and oxygen atoms in total. The van der Waals surface area contributed by atoms with Crippen LogP contribution in [0.2, 0.25) is 0 Å². The predicted octanol–water partition coefficient (Wildman–Crippen LogP) is 3.28. The molecule has 0 radical (unpaired) electrons. The zero-order valence-corrected chi connectivity index (χ0v) is 12.7. The number of hydrogen-bond acceptors (Lipinski definition) is 2. The Balaban J connectivity index is 1.82. The number of hydrogen-bond donors (Lipinski definition) is 1. The highest BCUT2D eigenvalue weighted by atomic mass is 15.2. The molecular formula is C16H32N2. The highest BCUT2D eigenvalue weighted by molar-refractivity contribution is 4.86. The molecule has 2 aliphatic rings.